The molecule has 1 atom stereocenters. The fourth-order valence-electron chi connectivity index (χ4n) is 3.84. The van der Waals surface area contributed by atoms with Crippen LogP contribution >= 0.6 is 12.6 Å². The third kappa shape index (κ3) is 7.65. The van der Waals surface area contributed by atoms with Gasteiger partial charge in [-0.3, -0.25) is 9.59 Å². The lowest BCUT2D eigenvalue weighted by molar-refractivity contribution is -0.132. The number of unbranched alkanes of at least 4 members (excludes halogenated alkanes) is 1. The molecule has 2 aromatic carbocycles. The first-order valence-corrected chi connectivity index (χ1v) is 12.7. The van der Waals surface area contributed by atoms with E-state index in [-0.39, 0.29) is 17.1 Å². The summed E-state index contributed by atoms with van der Waals surface area (Å²) in [7, 11) is 0. The number of rotatable bonds is 13. The molecule has 1 unspecified atom stereocenters. The lowest BCUT2D eigenvalue weighted by atomic mass is 9.98. The number of aromatic nitrogens is 4. The van der Waals surface area contributed by atoms with Crippen molar-refractivity contribution >= 4 is 24.4 Å². The Morgan fingerprint density at radius 2 is 1.80 bits per heavy atom. The maximum Gasteiger partial charge on any atom is 0.232 e. The van der Waals surface area contributed by atoms with Gasteiger partial charge in [0.15, 0.2) is 0 Å². The van der Waals surface area contributed by atoms with E-state index in [0.717, 1.165) is 47.9 Å². The van der Waals surface area contributed by atoms with Crippen LogP contribution in [0.15, 0.2) is 48.5 Å². The summed E-state index contributed by atoms with van der Waals surface area (Å²) in [5.41, 5.74) is 3.95. The molecule has 8 nitrogen and oxygen atoms in total. The molecule has 186 valence electrons. The summed E-state index contributed by atoms with van der Waals surface area (Å²) in [5.74, 6) is 0.553. The minimum atomic E-state index is -0.308. The van der Waals surface area contributed by atoms with Gasteiger partial charge in [0.1, 0.15) is 0 Å². The van der Waals surface area contributed by atoms with Crippen molar-refractivity contribution in [3.05, 3.63) is 54.1 Å². The fourth-order valence-corrected chi connectivity index (χ4v) is 4.11. The largest absolute Gasteiger partial charge is 0.353 e. The molecule has 1 heterocycles. The highest BCUT2D eigenvalue weighted by Gasteiger charge is 2.17. The quantitative estimate of drug-likeness (QED) is 0.308. The first-order chi connectivity index (χ1) is 17.0. The van der Waals surface area contributed by atoms with Gasteiger partial charge in [-0.05, 0) is 34.7 Å². The Labute approximate surface area is 212 Å². The number of carbonyl (C=O) groups excluding carboxylic acids is 2. The van der Waals surface area contributed by atoms with Crippen molar-refractivity contribution in [1.29, 1.82) is 0 Å². The van der Waals surface area contributed by atoms with Gasteiger partial charge in [-0.15, -0.1) is 10.2 Å². The van der Waals surface area contributed by atoms with Crippen LogP contribution in [-0.4, -0.2) is 55.7 Å². The number of nitrogens with zero attached hydrogens (tertiary/aromatic N) is 4. The van der Waals surface area contributed by atoms with E-state index in [4.69, 9.17) is 0 Å². The van der Waals surface area contributed by atoms with Crippen molar-refractivity contribution in [3.63, 3.8) is 0 Å². The molecule has 0 saturated heterocycles. The molecule has 0 saturated carbocycles. The summed E-state index contributed by atoms with van der Waals surface area (Å²) in [6.07, 6.45) is 4.02. The molecule has 0 radical (unpaired) electrons. The predicted molar refractivity (Wildman–Crippen MR) is 141 cm³/mol. The molecule has 2 amide bonds. The lowest BCUT2D eigenvalue weighted by Crippen LogP contribution is -2.40. The zero-order chi connectivity index (χ0) is 25.0. The third-order valence-corrected chi connectivity index (χ3v) is 6.28. The molecule has 0 aliphatic rings. The second-order valence-electron chi connectivity index (χ2n) is 8.49. The number of hydrogen-bond acceptors (Lipinski definition) is 6. The van der Waals surface area contributed by atoms with E-state index in [9.17, 15) is 9.59 Å². The van der Waals surface area contributed by atoms with Gasteiger partial charge >= 0.3 is 0 Å². The minimum absolute atomic E-state index is 0.0747. The number of thiol groups is 1. The molecule has 2 N–H and O–H groups in total. The number of aromatic amines is 1. The van der Waals surface area contributed by atoms with Crippen LogP contribution in [0.1, 0.15) is 51.5 Å². The molecular formula is C26H34N6O2S. The Balaban J connectivity index is 1.66. The number of benzene rings is 2. The molecule has 3 rings (SSSR count). The van der Waals surface area contributed by atoms with Crippen LogP contribution < -0.4 is 5.32 Å². The fraction of sp³-hybridized carbons (Fsp3) is 0.423. The standard InChI is InChI=1S/C26H34N6O2S/c1-3-5-11-23(35)26(34)27-16-17-32(24(33)8-4-2)18-19-12-14-20(15-13-19)21-9-6-7-10-22(21)25-28-30-31-29-25/h6-7,9-10,12-15,23,35H,3-5,8,11,16-18H2,1-2H3,(H,27,34)(H,28,29,30,31). The van der Waals surface area contributed by atoms with Gasteiger partial charge in [-0.25, -0.2) is 0 Å². The molecule has 1 aromatic heterocycles. The van der Waals surface area contributed by atoms with Crippen LogP contribution in [-0.2, 0) is 16.1 Å². The highest BCUT2D eigenvalue weighted by Crippen LogP contribution is 2.29. The van der Waals surface area contributed by atoms with Gasteiger partial charge in [0.25, 0.3) is 0 Å². The van der Waals surface area contributed by atoms with Gasteiger partial charge in [0, 0.05) is 31.6 Å². The molecule has 0 aliphatic carbocycles. The molecule has 9 heteroatoms. The van der Waals surface area contributed by atoms with E-state index in [0.29, 0.717) is 31.9 Å². The van der Waals surface area contributed by atoms with E-state index in [1.807, 2.05) is 60.4 Å². The Morgan fingerprint density at radius 1 is 1.06 bits per heavy atom. The Morgan fingerprint density at radius 3 is 2.46 bits per heavy atom. The van der Waals surface area contributed by atoms with E-state index in [2.05, 4.69) is 45.5 Å². The van der Waals surface area contributed by atoms with Crippen molar-refractivity contribution in [2.24, 2.45) is 0 Å². The van der Waals surface area contributed by atoms with Crippen LogP contribution in [0.3, 0.4) is 0 Å². The van der Waals surface area contributed by atoms with E-state index in [1.165, 1.54) is 0 Å². The maximum absolute atomic E-state index is 12.7. The summed E-state index contributed by atoms with van der Waals surface area (Å²) in [6, 6.07) is 16.0. The molecule has 0 spiro atoms. The molecule has 0 fully saturated rings. The first-order valence-electron chi connectivity index (χ1n) is 12.2. The van der Waals surface area contributed by atoms with Gasteiger partial charge in [0.2, 0.25) is 17.6 Å². The monoisotopic (exact) mass is 494 g/mol. The Bertz CT molecular complexity index is 1070. The van der Waals surface area contributed by atoms with Crippen molar-refractivity contribution < 1.29 is 9.59 Å². The van der Waals surface area contributed by atoms with Crippen LogP contribution in [0.4, 0.5) is 0 Å². The number of carbonyl (C=O) groups is 2. The van der Waals surface area contributed by atoms with Gasteiger partial charge in [-0.1, -0.05) is 75.2 Å². The van der Waals surface area contributed by atoms with Crippen LogP contribution in [0, 0.1) is 0 Å². The van der Waals surface area contributed by atoms with Crippen molar-refractivity contribution in [2.75, 3.05) is 13.1 Å². The van der Waals surface area contributed by atoms with Crippen molar-refractivity contribution in [1.82, 2.24) is 30.8 Å². The van der Waals surface area contributed by atoms with Crippen molar-refractivity contribution in [3.8, 4) is 22.5 Å². The van der Waals surface area contributed by atoms with E-state index < -0.39 is 0 Å². The molecule has 35 heavy (non-hydrogen) atoms. The topological polar surface area (TPSA) is 104 Å². The lowest BCUT2D eigenvalue weighted by Gasteiger charge is -2.23. The molecular weight excluding hydrogens is 460 g/mol. The first kappa shape index (κ1) is 26.4. The summed E-state index contributed by atoms with van der Waals surface area (Å²) < 4.78 is 0. The number of tetrazole rings is 1. The smallest absolute Gasteiger partial charge is 0.232 e. The predicted octanol–water partition coefficient (Wildman–Crippen LogP) is 4.27. The van der Waals surface area contributed by atoms with Crippen molar-refractivity contribution in [2.45, 2.75) is 57.7 Å². The van der Waals surface area contributed by atoms with Crippen LogP contribution in [0.5, 0.6) is 0 Å². The maximum atomic E-state index is 12.7. The highest BCUT2D eigenvalue weighted by atomic mass is 32.1. The average Bonchev–Trinajstić information content (AvgIpc) is 3.42. The molecule has 0 aliphatic heterocycles. The highest BCUT2D eigenvalue weighted by molar-refractivity contribution is 7.81. The summed E-state index contributed by atoms with van der Waals surface area (Å²) in [4.78, 5) is 26.8. The Hall–Kier alpha value is -3.20. The van der Waals surface area contributed by atoms with Gasteiger partial charge < -0.3 is 10.2 Å². The second-order valence-corrected chi connectivity index (χ2v) is 9.12. The molecule has 0 bridgehead atoms. The third-order valence-electron chi connectivity index (χ3n) is 5.78. The zero-order valence-electron chi connectivity index (χ0n) is 20.4. The van der Waals surface area contributed by atoms with Crippen LogP contribution in [0.25, 0.3) is 22.5 Å². The minimum Gasteiger partial charge on any atom is -0.353 e. The zero-order valence-corrected chi connectivity index (χ0v) is 21.3. The molecule has 3 aromatic rings. The summed E-state index contributed by atoms with van der Waals surface area (Å²) >= 11 is 4.40. The summed E-state index contributed by atoms with van der Waals surface area (Å²) in [5, 5.41) is 17.0. The van der Waals surface area contributed by atoms with E-state index >= 15 is 0 Å². The van der Waals surface area contributed by atoms with E-state index in [1.54, 1.807) is 0 Å². The second kappa shape index (κ2) is 13.6. The average molecular weight is 495 g/mol. The number of amides is 2. The summed E-state index contributed by atoms with van der Waals surface area (Å²) in [6.45, 7) is 5.44. The van der Waals surface area contributed by atoms with Gasteiger partial charge in [0.05, 0.1) is 5.25 Å². The number of nitrogens with one attached hydrogen (secondary N) is 2. The Kier molecular flexibility index (Phi) is 10.3. The van der Waals surface area contributed by atoms with Crippen LogP contribution in [0.2, 0.25) is 0 Å². The number of H-pyrrole nitrogens is 1. The normalized spacial score (nSPS) is 11.7. The van der Waals surface area contributed by atoms with Gasteiger partial charge in [-0.2, -0.15) is 17.8 Å². The number of hydrogen-bond donors (Lipinski definition) is 3. The SMILES string of the molecule is CCCCC(S)C(=O)NCCN(Cc1ccc(-c2ccccc2-c2nn[nH]n2)cc1)C(=O)CCC.